The Balaban J connectivity index is 1.38. The van der Waals surface area contributed by atoms with Gasteiger partial charge in [0.15, 0.2) is 0 Å². The molecular weight excluding hydrogens is 317 g/mol. The Morgan fingerprint density at radius 2 is 1.88 bits per heavy atom. The molecule has 0 amide bonds. The van der Waals surface area contributed by atoms with Crippen LogP contribution < -0.4 is 10.1 Å². The number of benzene rings is 1. The highest BCUT2D eigenvalue weighted by Crippen LogP contribution is 2.26. The highest BCUT2D eigenvalue weighted by atomic mass is 19.1. The summed E-state index contributed by atoms with van der Waals surface area (Å²) in [7, 11) is 0. The predicted molar refractivity (Wildman–Crippen MR) is 95.3 cm³/mol. The Morgan fingerprint density at radius 1 is 1.04 bits per heavy atom. The van der Waals surface area contributed by atoms with E-state index in [1.54, 1.807) is 12.1 Å². The number of rotatable bonds is 4. The van der Waals surface area contributed by atoms with E-state index < -0.39 is 0 Å². The average Bonchev–Trinajstić information content (AvgIpc) is 2.82. The molecule has 4 nitrogen and oxygen atoms in total. The van der Waals surface area contributed by atoms with E-state index in [-0.39, 0.29) is 5.82 Å². The number of ether oxygens (including phenoxy) is 1. The summed E-state index contributed by atoms with van der Waals surface area (Å²) in [6.07, 6.45) is 10.6. The smallest absolute Gasteiger partial charge is 0.127 e. The van der Waals surface area contributed by atoms with E-state index in [2.05, 4.69) is 27.4 Å². The molecule has 25 heavy (non-hydrogen) atoms. The van der Waals surface area contributed by atoms with Gasteiger partial charge in [-0.15, -0.1) is 0 Å². The van der Waals surface area contributed by atoms with Crippen molar-refractivity contribution in [2.45, 2.75) is 31.7 Å². The lowest BCUT2D eigenvalue weighted by atomic mass is 9.91. The van der Waals surface area contributed by atoms with Crippen molar-refractivity contribution in [3.8, 4) is 5.75 Å². The minimum Gasteiger partial charge on any atom is -0.460 e. The van der Waals surface area contributed by atoms with Crippen LogP contribution in [0.1, 0.15) is 25.7 Å². The van der Waals surface area contributed by atoms with Crippen molar-refractivity contribution in [1.82, 2.24) is 15.1 Å². The molecule has 2 aliphatic heterocycles. The SMILES string of the molecule is Fc1ccc(OC2=CC(N3CCCN(C4CCC4)CC3)=[C]NC2)cc1. The average molecular weight is 342 g/mol. The van der Waals surface area contributed by atoms with Gasteiger partial charge < -0.3 is 15.0 Å². The normalized spacial score (nSPS) is 22.4. The summed E-state index contributed by atoms with van der Waals surface area (Å²) in [5, 5.41) is 3.18. The molecule has 2 heterocycles. The van der Waals surface area contributed by atoms with Gasteiger partial charge in [-0.3, -0.25) is 4.90 Å². The van der Waals surface area contributed by atoms with E-state index in [1.807, 2.05) is 0 Å². The van der Waals surface area contributed by atoms with Gasteiger partial charge in [0.25, 0.3) is 0 Å². The molecule has 1 N–H and O–H groups in total. The second-order valence-electron chi connectivity index (χ2n) is 6.99. The first-order valence-electron chi connectivity index (χ1n) is 9.27. The van der Waals surface area contributed by atoms with E-state index in [4.69, 9.17) is 4.74 Å². The van der Waals surface area contributed by atoms with E-state index in [0.717, 1.165) is 37.1 Å². The molecule has 2 fully saturated rings. The molecule has 0 atom stereocenters. The van der Waals surface area contributed by atoms with Crippen LogP contribution in [0.4, 0.5) is 4.39 Å². The zero-order chi connectivity index (χ0) is 17.1. The van der Waals surface area contributed by atoms with Crippen LogP contribution in [0.2, 0.25) is 0 Å². The lowest BCUT2D eigenvalue weighted by molar-refractivity contribution is 0.133. The Bertz CT molecular complexity index is 651. The first kappa shape index (κ1) is 16.5. The van der Waals surface area contributed by atoms with Gasteiger partial charge >= 0.3 is 0 Å². The summed E-state index contributed by atoms with van der Waals surface area (Å²) >= 11 is 0. The highest BCUT2D eigenvalue weighted by molar-refractivity contribution is 5.28. The fraction of sp³-hybridized carbons (Fsp3) is 0.500. The highest BCUT2D eigenvalue weighted by Gasteiger charge is 2.27. The molecule has 0 aromatic heterocycles. The number of hydrogen-bond acceptors (Lipinski definition) is 4. The van der Waals surface area contributed by atoms with E-state index in [1.165, 1.54) is 44.4 Å². The summed E-state index contributed by atoms with van der Waals surface area (Å²) in [4.78, 5) is 5.04. The van der Waals surface area contributed by atoms with Crippen LogP contribution in [0.25, 0.3) is 0 Å². The van der Waals surface area contributed by atoms with Crippen molar-refractivity contribution in [1.29, 1.82) is 0 Å². The van der Waals surface area contributed by atoms with Crippen LogP contribution in [-0.2, 0) is 0 Å². The van der Waals surface area contributed by atoms with Gasteiger partial charge in [-0.2, -0.15) is 0 Å². The van der Waals surface area contributed by atoms with Crippen molar-refractivity contribution in [2.24, 2.45) is 0 Å². The molecular formula is C20H25FN3O. The van der Waals surface area contributed by atoms with Crippen molar-refractivity contribution in [3.63, 3.8) is 0 Å². The predicted octanol–water partition coefficient (Wildman–Crippen LogP) is 2.90. The third-order valence-electron chi connectivity index (χ3n) is 5.30. The first-order chi connectivity index (χ1) is 12.3. The largest absolute Gasteiger partial charge is 0.460 e. The van der Waals surface area contributed by atoms with Gasteiger partial charge in [0.1, 0.15) is 17.3 Å². The minimum atomic E-state index is -0.252. The quantitative estimate of drug-likeness (QED) is 0.911. The van der Waals surface area contributed by atoms with Crippen LogP contribution in [-0.4, -0.2) is 48.6 Å². The monoisotopic (exact) mass is 342 g/mol. The van der Waals surface area contributed by atoms with E-state index in [0.29, 0.717) is 12.3 Å². The van der Waals surface area contributed by atoms with Crippen LogP contribution in [0.3, 0.4) is 0 Å². The summed E-state index contributed by atoms with van der Waals surface area (Å²) in [6.45, 7) is 5.00. The lowest BCUT2D eigenvalue weighted by Crippen LogP contribution is -2.42. The van der Waals surface area contributed by atoms with Crippen LogP contribution in [0.5, 0.6) is 5.75 Å². The van der Waals surface area contributed by atoms with Crippen LogP contribution >= 0.6 is 0 Å². The summed E-state index contributed by atoms with van der Waals surface area (Å²) in [5.74, 6) is 1.24. The van der Waals surface area contributed by atoms with Crippen LogP contribution in [0.15, 0.2) is 41.8 Å². The summed E-state index contributed by atoms with van der Waals surface area (Å²) in [5.41, 5.74) is 1.05. The zero-order valence-corrected chi connectivity index (χ0v) is 14.5. The molecule has 0 spiro atoms. The number of nitrogens with one attached hydrogen (secondary N) is 1. The van der Waals surface area contributed by atoms with Gasteiger partial charge in [-0.1, -0.05) is 6.42 Å². The molecule has 3 aliphatic rings. The molecule has 1 aromatic carbocycles. The molecule has 133 valence electrons. The maximum absolute atomic E-state index is 13.0. The maximum atomic E-state index is 13.0. The molecule has 1 saturated heterocycles. The van der Waals surface area contributed by atoms with Crippen molar-refractivity contribution >= 4 is 0 Å². The van der Waals surface area contributed by atoms with E-state index in [9.17, 15) is 4.39 Å². The van der Waals surface area contributed by atoms with Gasteiger partial charge in [0.05, 0.1) is 18.4 Å². The molecule has 5 heteroatoms. The molecule has 0 unspecified atom stereocenters. The van der Waals surface area contributed by atoms with E-state index >= 15 is 0 Å². The Labute approximate surface area is 148 Å². The molecule has 1 saturated carbocycles. The Morgan fingerprint density at radius 3 is 2.64 bits per heavy atom. The fourth-order valence-corrected chi connectivity index (χ4v) is 3.65. The number of halogens is 1. The zero-order valence-electron chi connectivity index (χ0n) is 14.5. The number of hydrogen-bond donors (Lipinski definition) is 1. The number of nitrogens with zero attached hydrogens (tertiary/aromatic N) is 2. The van der Waals surface area contributed by atoms with Crippen molar-refractivity contribution in [3.05, 3.63) is 53.8 Å². The van der Waals surface area contributed by atoms with Crippen molar-refractivity contribution in [2.75, 3.05) is 32.7 Å². The number of allylic oxidation sites excluding steroid dienone is 1. The topological polar surface area (TPSA) is 27.7 Å². The molecule has 1 aliphatic carbocycles. The molecule has 4 rings (SSSR count). The standard InChI is InChI=1S/C20H25FN3O/c21-16-5-7-19(8-6-16)25-20-13-18(14-22-15-20)24-10-2-9-23(11-12-24)17-3-1-4-17/h5-8,13,17,22H,1-4,9-12,15H2. The summed E-state index contributed by atoms with van der Waals surface area (Å²) < 4.78 is 18.9. The minimum absolute atomic E-state index is 0.252. The first-order valence-corrected chi connectivity index (χ1v) is 9.27. The van der Waals surface area contributed by atoms with Gasteiger partial charge in [0, 0.05) is 38.3 Å². The summed E-state index contributed by atoms with van der Waals surface area (Å²) in [6, 6.07) is 6.95. The Hall–Kier alpha value is -2.01. The second kappa shape index (κ2) is 7.48. The fourth-order valence-electron chi connectivity index (χ4n) is 3.65. The molecule has 0 bridgehead atoms. The van der Waals surface area contributed by atoms with Gasteiger partial charge in [-0.25, -0.2) is 4.39 Å². The van der Waals surface area contributed by atoms with Crippen LogP contribution in [0, 0.1) is 12.0 Å². The maximum Gasteiger partial charge on any atom is 0.127 e. The third-order valence-corrected chi connectivity index (χ3v) is 5.30. The van der Waals surface area contributed by atoms with Gasteiger partial charge in [0.2, 0.25) is 0 Å². The third kappa shape index (κ3) is 3.98. The lowest BCUT2D eigenvalue weighted by Gasteiger charge is -2.36. The van der Waals surface area contributed by atoms with Gasteiger partial charge in [-0.05, 0) is 43.5 Å². The molecule has 1 aromatic rings. The Kier molecular flexibility index (Phi) is 4.92. The van der Waals surface area contributed by atoms with Crippen molar-refractivity contribution < 1.29 is 9.13 Å². The second-order valence-corrected chi connectivity index (χ2v) is 6.99. The number of dihydropyridines is 1. The molecule has 1 radical (unpaired) electrons.